The minimum atomic E-state index is -4.26. The van der Waals surface area contributed by atoms with E-state index in [1.807, 2.05) is 0 Å². The van der Waals surface area contributed by atoms with Gasteiger partial charge in [-0.1, -0.05) is 41.0 Å². The maximum Gasteiger partial charge on any atom is 0.291 e. The van der Waals surface area contributed by atoms with Gasteiger partial charge in [-0.05, 0) is 49.2 Å². The molecule has 3 aromatic rings. The summed E-state index contributed by atoms with van der Waals surface area (Å²) in [5.74, 6) is -0.535. The van der Waals surface area contributed by atoms with Crippen LogP contribution in [0.2, 0.25) is 10.0 Å². The van der Waals surface area contributed by atoms with E-state index >= 15 is 0 Å². The molecule has 0 aliphatic carbocycles. The Morgan fingerprint density at radius 2 is 1.76 bits per heavy atom. The highest BCUT2D eigenvalue weighted by Gasteiger charge is 2.30. The smallest absolute Gasteiger partial charge is 0.291 e. The van der Waals surface area contributed by atoms with Gasteiger partial charge in [0.05, 0.1) is 23.4 Å². The van der Waals surface area contributed by atoms with Crippen molar-refractivity contribution < 1.29 is 26.4 Å². The Labute approximate surface area is 227 Å². The number of carbonyl (C=O) groups is 1. The lowest BCUT2D eigenvalue weighted by atomic mass is 10.2. The number of piperidine rings is 1. The molecule has 37 heavy (non-hydrogen) atoms. The van der Waals surface area contributed by atoms with Crippen LogP contribution in [0.25, 0.3) is 0 Å². The first-order valence-corrected chi connectivity index (χ1v) is 15.3. The van der Waals surface area contributed by atoms with Crippen molar-refractivity contribution in [2.45, 2.75) is 28.5 Å². The van der Waals surface area contributed by atoms with E-state index < -0.39 is 30.3 Å². The predicted molar refractivity (Wildman–Crippen MR) is 141 cm³/mol. The number of nitrogens with zero attached hydrogens (tertiary/aromatic N) is 3. The zero-order chi connectivity index (χ0) is 26.8. The van der Waals surface area contributed by atoms with Crippen molar-refractivity contribution in [1.82, 2.24) is 14.5 Å². The molecule has 1 amide bonds. The van der Waals surface area contributed by atoms with Gasteiger partial charge in [-0.2, -0.15) is 12.7 Å². The van der Waals surface area contributed by atoms with Crippen LogP contribution < -0.4 is 14.8 Å². The Morgan fingerprint density at radius 3 is 2.43 bits per heavy atom. The Balaban J connectivity index is 1.54. The van der Waals surface area contributed by atoms with E-state index in [4.69, 9.17) is 27.9 Å². The van der Waals surface area contributed by atoms with Crippen LogP contribution in [0, 0.1) is 0 Å². The second kappa shape index (κ2) is 11.1. The molecular weight excluding hydrogens is 585 g/mol. The van der Waals surface area contributed by atoms with Crippen molar-refractivity contribution in [2.75, 3.05) is 30.2 Å². The Hall–Kier alpha value is -2.49. The predicted octanol–water partition coefficient (Wildman–Crippen LogP) is 4.08. The van der Waals surface area contributed by atoms with Crippen molar-refractivity contribution in [3.63, 3.8) is 0 Å². The van der Waals surface area contributed by atoms with Crippen LogP contribution in [0.1, 0.15) is 29.6 Å². The zero-order valence-electron chi connectivity index (χ0n) is 19.3. The van der Waals surface area contributed by atoms with Gasteiger partial charge in [0.25, 0.3) is 20.3 Å². The van der Waals surface area contributed by atoms with Crippen LogP contribution in [0.3, 0.4) is 0 Å². The fourth-order valence-corrected chi connectivity index (χ4v) is 7.73. The van der Waals surface area contributed by atoms with E-state index in [1.54, 1.807) is 0 Å². The topological polar surface area (TPSA) is 148 Å². The first-order chi connectivity index (χ1) is 17.5. The molecule has 4 rings (SSSR count). The van der Waals surface area contributed by atoms with E-state index in [9.17, 15) is 21.6 Å². The number of ether oxygens (including phenoxy) is 1. The highest BCUT2D eigenvalue weighted by Crippen LogP contribution is 2.32. The van der Waals surface area contributed by atoms with E-state index in [2.05, 4.69) is 20.2 Å². The van der Waals surface area contributed by atoms with Crippen LogP contribution in [0.4, 0.5) is 10.8 Å². The lowest BCUT2D eigenvalue weighted by molar-refractivity contribution is 0.102. The normalized spacial score (nSPS) is 14.8. The molecule has 0 saturated carbocycles. The summed E-state index contributed by atoms with van der Waals surface area (Å²) < 4.78 is 60.7. The van der Waals surface area contributed by atoms with Crippen molar-refractivity contribution >= 4 is 71.3 Å². The highest BCUT2D eigenvalue weighted by molar-refractivity contribution is 7.94. The lowest BCUT2D eigenvalue weighted by Gasteiger charge is -2.26. The first-order valence-electron chi connectivity index (χ1n) is 10.8. The van der Waals surface area contributed by atoms with Gasteiger partial charge in [-0.25, -0.2) is 8.42 Å². The number of nitrogens with one attached hydrogen (secondary N) is 2. The van der Waals surface area contributed by atoms with Gasteiger partial charge >= 0.3 is 0 Å². The molecule has 16 heteroatoms. The van der Waals surface area contributed by atoms with E-state index in [0.717, 1.165) is 19.3 Å². The van der Waals surface area contributed by atoms with Gasteiger partial charge in [0.15, 0.2) is 0 Å². The van der Waals surface area contributed by atoms with Crippen LogP contribution in [-0.2, 0) is 20.0 Å². The average Bonchev–Trinajstić information content (AvgIpc) is 3.34. The quantitative estimate of drug-likeness (QED) is 0.365. The third-order valence-electron chi connectivity index (χ3n) is 5.38. The number of methoxy groups -OCH3 is 1. The molecule has 1 aromatic heterocycles. The maximum absolute atomic E-state index is 13.2. The molecule has 1 aliphatic heterocycles. The summed E-state index contributed by atoms with van der Waals surface area (Å²) in [7, 11) is -6.83. The number of carbonyl (C=O) groups excluding carboxylic acids is 1. The van der Waals surface area contributed by atoms with E-state index in [0.29, 0.717) is 29.4 Å². The minimum absolute atomic E-state index is 0.00915. The fourth-order valence-electron chi connectivity index (χ4n) is 3.59. The lowest BCUT2D eigenvalue weighted by Crippen LogP contribution is -2.35. The number of amides is 1. The van der Waals surface area contributed by atoms with Gasteiger partial charge in [0.1, 0.15) is 10.6 Å². The Morgan fingerprint density at radius 1 is 1.03 bits per heavy atom. The summed E-state index contributed by atoms with van der Waals surface area (Å²) in [6.45, 7) is 0.754. The molecule has 0 atom stereocenters. The summed E-state index contributed by atoms with van der Waals surface area (Å²) in [6.07, 6.45) is 2.43. The third-order valence-corrected chi connectivity index (χ3v) is 10.4. The minimum Gasteiger partial charge on any atom is -0.495 e. The SMILES string of the molecule is COc1ccc(NS(=O)(=O)c2nnc(NC(=O)c3ccc(Cl)cc3Cl)s2)cc1S(=O)(=O)N1CCCCC1. The molecule has 1 aliphatic rings. The molecule has 1 saturated heterocycles. The molecule has 1 fully saturated rings. The summed E-state index contributed by atoms with van der Waals surface area (Å²) in [5.41, 5.74) is 0.106. The van der Waals surface area contributed by atoms with E-state index in [1.165, 1.54) is 47.8 Å². The Bertz CT molecular complexity index is 1540. The van der Waals surface area contributed by atoms with Gasteiger partial charge in [0.2, 0.25) is 15.2 Å². The first kappa shape index (κ1) is 27.5. The monoisotopic (exact) mass is 605 g/mol. The van der Waals surface area contributed by atoms with Crippen molar-refractivity contribution in [3.8, 4) is 5.75 Å². The number of sulfonamides is 2. The average molecular weight is 607 g/mol. The standard InChI is InChI=1S/C21H21Cl2N5O6S3/c1-34-17-8-6-14(12-18(17)37(32,33)28-9-3-2-4-10-28)27-36(30,31)21-26-25-20(35-21)24-19(29)15-7-5-13(22)11-16(15)23/h5-8,11-12,27H,2-4,9-10H2,1H3,(H,24,25,29). The maximum atomic E-state index is 13.2. The number of benzene rings is 2. The number of hydrogen-bond acceptors (Lipinski definition) is 9. The van der Waals surface area contributed by atoms with Crippen LogP contribution >= 0.6 is 34.5 Å². The molecule has 0 radical (unpaired) electrons. The molecule has 11 nitrogen and oxygen atoms in total. The highest BCUT2D eigenvalue weighted by atomic mass is 35.5. The van der Waals surface area contributed by atoms with E-state index in [-0.39, 0.29) is 32.1 Å². The fraction of sp³-hybridized carbons (Fsp3) is 0.286. The second-order valence-corrected chi connectivity index (χ2v) is 13.5. The second-order valence-electron chi connectivity index (χ2n) is 7.89. The van der Waals surface area contributed by atoms with Crippen molar-refractivity contribution in [3.05, 3.63) is 52.0 Å². The number of hydrogen-bond donors (Lipinski definition) is 2. The van der Waals surface area contributed by atoms with Crippen molar-refractivity contribution in [2.24, 2.45) is 0 Å². The number of anilines is 2. The summed E-state index contributed by atoms with van der Waals surface area (Å²) in [4.78, 5) is 12.3. The summed E-state index contributed by atoms with van der Waals surface area (Å²) in [5, 5.41) is 10.2. The molecule has 0 spiro atoms. The molecule has 2 aromatic carbocycles. The Kier molecular flexibility index (Phi) is 8.26. The molecule has 0 bridgehead atoms. The number of aromatic nitrogens is 2. The molecular formula is C21H21Cl2N5O6S3. The molecule has 2 N–H and O–H groups in total. The van der Waals surface area contributed by atoms with Crippen LogP contribution in [0.5, 0.6) is 5.75 Å². The largest absolute Gasteiger partial charge is 0.495 e. The summed E-state index contributed by atoms with van der Waals surface area (Å²) >= 11 is 12.5. The zero-order valence-corrected chi connectivity index (χ0v) is 23.2. The third kappa shape index (κ3) is 6.16. The van der Waals surface area contributed by atoms with Crippen molar-refractivity contribution in [1.29, 1.82) is 0 Å². The number of rotatable bonds is 8. The van der Waals surface area contributed by atoms with Gasteiger partial charge in [-0.3, -0.25) is 14.8 Å². The van der Waals surface area contributed by atoms with Gasteiger partial charge < -0.3 is 4.74 Å². The molecule has 198 valence electrons. The molecule has 2 heterocycles. The number of halogens is 2. The van der Waals surface area contributed by atoms with Gasteiger partial charge in [0, 0.05) is 18.1 Å². The van der Waals surface area contributed by atoms with Crippen LogP contribution in [-0.4, -0.2) is 57.4 Å². The van der Waals surface area contributed by atoms with Crippen LogP contribution in [0.15, 0.2) is 45.6 Å². The molecule has 0 unspecified atom stereocenters. The summed E-state index contributed by atoms with van der Waals surface area (Å²) in [6, 6.07) is 8.24. The van der Waals surface area contributed by atoms with Gasteiger partial charge in [-0.15, -0.1) is 10.2 Å².